The molecular weight excluding hydrogens is 204 g/mol. The first-order chi connectivity index (χ1) is 7.63. The molecule has 0 saturated carbocycles. The summed E-state index contributed by atoms with van der Waals surface area (Å²) in [6.45, 7) is 5.74. The van der Waals surface area contributed by atoms with Crippen molar-refractivity contribution >= 4 is 11.7 Å². The molecule has 16 heavy (non-hydrogen) atoms. The Bertz CT molecular complexity index is 332. The highest BCUT2D eigenvalue weighted by Crippen LogP contribution is 2.09. The van der Waals surface area contributed by atoms with Gasteiger partial charge >= 0.3 is 0 Å². The molecule has 0 aliphatic heterocycles. The van der Waals surface area contributed by atoms with E-state index in [1.165, 1.54) is 0 Å². The Hall–Kier alpha value is -1.36. The van der Waals surface area contributed by atoms with Crippen LogP contribution in [0.25, 0.3) is 0 Å². The van der Waals surface area contributed by atoms with E-state index in [0.29, 0.717) is 18.9 Å². The molecule has 1 amide bonds. The topological polar surface area (TPSA) is 59.0 Å². The fourth-order valence-electron chi connectivity index (χ4n) is 1.37. The van der Waals surface area contributed by atoms with Crippen molar-refractivity contribution < 1.29 is 4.79 Å². The zero-order valence-electron chi connectivity index (χ0n) is 10.2. The maximum Gasteiger partial charge on any atom is 0.226 e. The predicted molar refractivity (Wildman–Crippen MR) is 64.2 cm³/mol. The molecule has 0 aliphatic carbocycles. The summed E-state index contributed by atoms with van der Waals surface area (Å²) in [5, 5.41) is 9.97. The Morgan fingerprint density at radius 2 is 2.31 bits per heavy atom. The second-order valence-corrected chi connectivity index (χ2v) is 4.19. The van der Waals surface area contributed by atoms with Crippen LogP contribution in [-0.2, 0) is 11.3 Å². The van der Waals surface area contributed by atoms with Crippen LogP contribution < -0.4 is 10.6 Å². The van der Waals surface area contributed by atoms with E-state index in [4.69, 9.17) is 0 Å². The van der Waals surface area contributed by atoms with Crippen molar-refractivity contribution in [3.05, 3.63) is 12.3 Å². The standard InChI is InChI=1S/C11H20N4O/c1-9(2)8-15-10(4-7-13-15)14-11(16)5-6-12-3/h4,7,9,12H,5-6,8H2,1-3H3,(H,14,16). The zero-order valence-corrected chi connectivity index (χ0v) is 10.2. The van der Waals surface area contributed by atoms with Crippen LogP contribution in [0.5, 0.6) is 0 Å². The summed E-state index contributed by atoms with van der Waals surface area (Å²) in [5.74, 6) is 1.29. The van der Waals surface area contributed by atoms with E-state index in [2.05, 4.69) is 29.6 Å². The molecule has 1 aromatic heterocycles. The van der Waals surface area contributed by atoms with Crippen LogP contribution in [0.15, 0.2) is 12.3 Å². The Labute approximate surface area is 96.2 Å². The Kier molecular flexibility index (Phi) is 4.98. The van der Waals surface area contributed by atoms with Crippen LogP contribution in [0.2, 0.25) is 0 Å². The van der Waals surface area contributed by atoms with Gasteiger partial charge < -0.3 is 10.6 Å². The Morgan fingerprint density at radius 3 is 2.94 bits per heavy atom. The molecule has 0 unspecified atom stereocenters. The number of amides is 1. The van der Waals surface area contributed by atoms with Gasteiger partial charge in [-0.25, -0.2) is 4.68 Å². The van der Waals surface area contributed by atoms with E-state index in [1.54, 1.807) is 6.20 Å². The van der Waals surface area contributed by atoms with Gasteiger partial charge in [-0.1, -0.05) is 13.8 Å². The Balaban J connectivity index is 2.52. The van der Waals surface area contributed by atoms with Gasteiger partial charge in [0.2, 0.25) is 5.91 Å². The third-order valence-corrected chi connectivity index (χ3v) is 2.12. The van der Waals surface area contributed by atoms with Crippen LogP contribution in [-0.4, -0.2) is 29.3 Å². The minimum Gasteiger partial charge on any atom is -0.319 e. The summed E-state index contributed by atoms with van der Waals surface area (Å²) in [7, 11) is 1.83. The van der Waals surface area contributed by atoms with Crippen molar-refractivity contribution in [2.24, 2.45) is 5.92 Å². The minimum absolute atomic E-state index is 0.0138. The second kappa shape index (κ2) is 6.27. The van der Waals surface area contributed by atoms with Gasteiger partial charge in [-0.2, -0.15) is 5.10 Å². The van der Waals surface area contributed by atoms with Crippen molar-refractivity contribution in [2.45, 2.75) is 26.8 Å². The molecule has 0 bridgehead atoms. The lowest BCUT2D eigenvalue weighted by Crippen LogP contribution is -2.21. The first kappa shape index (κ1) is 12.7. The largest absolute Gasteiger partial charge is 0.319 e. The molecule has 0 radical (unpaired) electrons. The van der Waals surface area contributed by atoms with Gasteiger partial charge in [0.1, 0.15) is 5.82 Å². The first-order valence-electron chi connectivity index (χ1n) is 5.59. The summed E-state index contributed by atoms with van der Waals surface area (Å²) in [4.78, 5) is 11.5. The summed E-state index contributed by atoms with van der Waals surface area (Å²) in [6.07, 6.45) is 2.18. The van der Waals surface area contributed by atoms with Gasteiger partial charge in [-0.3, -0.25) is 4.79 Å². The fourth-order valence-corrected chi connectivity index (χ4v) is 1.37. The molecule has 2 N–H and O–H groups in total. The second-order valence-electron chi connectivity index (χ2n) is 4.19. The summed E-state index contributed by atoms with van der Waals surface area (Å²) < 4.78 is 1.82. The minimum atomic E-state index is 0.0138. The maximum absolute atomic E-state index is 11.5. The summed E-state index contributed by atoms with van der Waals surface area (Å²) in [5.41, 5.74) is 0. The van der Waals surface area contributed by atoms with Crippen molar-refractivity contribution in [1.82, 2.24) is 15.1 Å². The highest BCUT2D eigenvalue weighted by atomic mass is 16.1. The van der Waals surface area contributed by atoms with Crippen LogP contribution in [0.4, 0.5) is 5.82 Å². The van der Waals surface area contributed by atoms with Gasteiger partial charge in [0, 0.05) is 25.6 Å². The van der Waals surface area contributed by atoms with E-state index in [9.17, 15) is 4.79 Å². The van der Waals surface area contributed by atoms with E-state index < -0.39 is 0 Å². The molecule has 90 valence electrons. The third kappa shape index (κ3) is 4.02. The average Bonchev–Trinajstić information content (AvgIpc) is 2.62. The average molecular weight is 224 g/mol. The molecule has 5 heteroatoms. The molecule has 0 fully saturated rings. The number of aromatic nitrogens is 2. The SMILES string of the molecule is CNCCC(=O)Nc1ccnn1CC(C)C. The van der Waals surface area contributed by atoms with Crippen LogP contribution in [0, 0.1) is 5.92 Å². The van der Waals surface area contributed by atoms with Gasteiger partial charge in [-0.05, 0) is 13.0 Å². The van der Waals surface area contributed by atoms with Gasteiger partial charge in [0.25, 0.3) is 0 Å². The predicted octanol–water partition coefficient (Wildman–Crippen LogP) is 1.09. The first-order valence-corrected chi connectivity index (χ1v) is 5.59. The molecule has 1 heterocycles. The molecule has 0 aromatic carbocycles. The van der Waals surface area contributed by atoms with Gasteiger partial charge in [0.05, 0.1) is 6.20 Å². The number of hydrogen-bond donors (Lipinski definition) is 2. The van der Waals surface area contributed by atoms with Gasteiger partial charge in [0.15, 0.2) is 0 Å². The molecule has 5 nitrogen and oxygen atoms in total. The van der Waals surface area contributed by atoms with E-state index in [-0.39, 0.29) is 5.91 Å². The van der Waals surface area contributed by atoms with E-state index in [0.717, 1.165) is 12.4 Å². The lowest BCUT2D eigenvalue weighted by Gasteiger charge is -2.10. The molecule has 1 rings (SSSR count). The molecular formula is C11H20N4O. The number of rotatable bonds is 6. The van der Waals surface area contributed by atoms with Crippen molar-refractivity contribution in [3.8, 4) is 0 Å². The molecule has 0 aliphatic rings. The fraction of sp³-hybridized carbons (Fsp3) is 0.636. The third-order valence-electron chi connectivity index (χ3n) is 2.12. The van der Waals surface area contributed by atoms with Crippen LogP contribution in [0.1, 0.15) is 20.3 Å². The van der Waals surface area contributed by atoms with Crippen molar-refractivity contribution in [3.63, 3.8) is 0 Å². The highest BCUT2D eigenvalue weighted by Gasteiger charge is 2.07. The van der Waals surface area contributed by atoms with Crippen molar-refractivity contribution in [1.29, 1.82) is 0 Å². The number of nitrogens with zero attached hydrogens (tertiary/aromatic N) is 2. The molecule has 0 saturated heterocycles. The van der Waals surface area contributed by atoms with Crippen LogP contribution in [0.3, 0.4) is 0 Å². The molecule has 1 aromatic rings. The lowest BCUT2D eigenvalue weighted by atomic mass is 10.2. The number of carbonyl (C=O) groups is 1. The Morgan fingerprint density at radius 1 is 1.56 bits per heavy atom. The smallest absolute Gasteiger partial charge is 0.226 e. The molecule has 0 atom stereocenters. The maximum atomic E-state index is 11.5. The van der Waals surface area contributed by atoms with E-state index >= 15 is 0 Å². The van der Waals surface area contributed by atoms with E-state index in [1.807, 2.05) is 17.8 Å². The molecule has 0 spiro atoms. The lowest BCUT2D eigenvalue weighted by molar-refractivity contribution is -0.116. The number of hydrogen-bond acceptors (Lipinski definition) is 3. The highest BCUT2D eigenvalue weighted by molar-refractivity contribution is 5.89. The number of carbonyl (C=O) groups excluding carboxylic acids is 1. The zero-order chi connectivity index (χ0) is 12.0. The van der Waals surface area contributed by atoms with Crippen LogP contribution >= 0.6 is 0 Å². The normalized spacial score (nSPS) is 10.8. The van der Waals surface area contributed by atoms with Gasteiger partial charge in [-0.15, -0.1) is 0 Å². The summed E-state index contributed by atoms with van der Waals surface area (Å²) in [6, 6.07) is 1.82. The number of nitrogens with one attached hydrogen (secondary N) is 2. The number of anilines is 1. The summed E-state index contributed by atoms with van der Waals surface area (Å²) >= 11 is 0. The monoisotopic (exact) mass is 224 g/mol. The van der Waals surface area contributed by atoms with Crippen molar-refractivity contribution in [2.75, 3.05) is 18.9 Å². The quantitative estimate of drug-likeness (QED) is 0.760.